The van der Waals surface area contributed by atoms with Crippen molar-refractivity contribution >= 4 is 5.97 Å². The van der Waals surface area contributed by atoms with Crippen LogP contribution in [-0.2, 0) is 9.53 Å². The standard InChI is InChI=1S/C23H34O2/c1-3-4-5-6-7-8-9-10-11-12-13-14-15-16-17-18-21(2)22-19-20-23(24)25-22/h4-5,8-11,13-14,16-17,21-22H,3,6-7,12,15,18-20H2,1-2H3/b5-4-,9-8+,11-10-,14-13-,17-16-. The molecule has 0 bridgehead atoms. The summed E-state index contributed by atoms with van der Waals surface area (Å²) in [7, 11) is 0. The maximum absolute atomic E-state index is 11.1. The number of ether oxygens (including phenoxy) is 1. The van der Waals surface area contributed by atoms with E-state index in [1.807, 2.05) is 0 Å². The van der Waals surface area contributed by atoms with Gasteiger partial charge in [0, 0.05) is 6.42 Å². The van der Waals surface area contributed by atoms with Gasteiger partial charge in [0.05, 0.1) is 0 Å². The number of rotatable bonds is 12. The SMILES string of the molecule is CC/C=C\CC/C=C/C=C\C/C=C\C/C=C\CC(C)C1CCC(=O)O1. The highest BCUT2D eigenvalue weighted by molar-refractivity contribution is 5.71. The molecule has 138 valence electrons. The van der Waals surface area contributed by atoms with Crippen LogP contribution in [-0.4, -0.2) is 12.1 Å². The molecule has 25 heavy (non-hydrogen) atoms. The predicted molar refractivity (Wildman–Crippen MR) is 107 cm³/mol. The van der Waals surface area contributed by atoms with E-state index in [9.17, 15) is 4.79 Å². The average molecular weight is 343 g/mol. The Morgan fingerprint density at radius 3 is 2.36 bits per heavy atom. The van der Waals surface area contributed by atoms with Gasteiger partial charge >= 0.3 is 5.97 Å². The summed E-state index contributed by atoms with van der Waals surface area (Å²) in [5.74, 6) is 0.374. The number of allylic oxidation sites excluding steroid dienone is 10. The molecule has 2 nitrogen and oxygen atoms in total. The van der Waals surface area contributed by atoms with Crippen LogP contribution >= 0.6 is 0 Å². The van der Waals surface area contributed by atoms with Crippen molar-refractivity contribution in [2.75, 3.05) is 0 Å². The summed E-state index contributed by atoms with van der Waals surface area (Å²) in [5, 5.41) is 0. The number of unbranched alkanes of at least 4 members (excludes halogenated alkanes) is 1. The molecule has 2 unspecified atom stereocenters. The zero-order valence-corrected chi connectivity index (χ0v) is 15.9. The third-order valence-corrected chi connectivity index (χ3v) is 4.22. The predicted octanol–water partition coefficient (Wildman–Crippen LogP) is 6.47. The van der Waals surface area contributed by atoms with E-state index in [2.05, 4.69) is 74.6 Å². The molecule has 0 spiro atoms. The molecule has 0 aromatic rings. The van der Waals surface area contributed by atoms with E-state index in [0.717, 1.165) is 44.9 Å². The van der Waals surface area contributed by atoms with E-state index in [1.54, 1.807) is 0 Å². The average Bonchev–Trinajstić information content (AvgIpc) is 3.04. The molecule has 1 rings (SSSR count). The van der Waals surface area contributed by atoms with Crippen molar-refractivity contribution in [3.05, 3.63) is 60.8 Å². The molecule has 0 amide bonds. The van der Waals surface area contributed by atoms with Crippen LogP contribution in [0.1, 0.15) is 65.2 Å². The minimum atomic E-state index is -0.0417. The van der Waals surface area contributed by atoms with Gasteiger partial charge in [0.1, 0.15) is 6.10 Å². The lowest BCUT2D eigenvalue weighted by Gasteiger charge is -2.15. The fraction of sp³-hybridized carbons (Fsp3) is 0.522. The minimum absolute atomic E-state index is 0.0417. The summed E-state index contributed by atoms with van der Waals surface area (Å²) in [5.41, 5.74) is 0. The van der Waals surface area contributed by atoms with Gasteiger partial charge in [0.25, 0.3) is 0 Å². The van der Waals surface area contributed by atoms with E-state index in [4.69, 9.17) is 4.74 Å². The second-order valence-corrected chi connectivity index (χ2v) is 6.51. The molecule has 2 atom stereocenters. The number of cyclic esters (lactones) is 1. The van der Waals surface area contributed by atoms with Crippen molar-refractivity contribution in [1.29, 1.82) is 0 Å². The Morgan fingerprint density at radius 1 is 0.960 bits per heavy atom. The van der Waals surface area contributed by atoms with Crippen molar-refractivity contribution in [1.82, 2.24) is 0 Å². The van der Waals surface area contributed by atoms with Gasteiger partial charge in [-0.1, -0.05) is 74.6 Å². The van der Waals surface area contributed by atoms with E-state index in [0.29, 0.717) is 12.3 Å². The van der Waals surface area contributed by atoms with Crippen LogP contribution < -0.4 is 0 Å². The Morgan fingerprint density at radius 2 is 1.64 bits per heavy atom. The number of esters is 1. The molecule has 1 saturated heterocycles. The van der Waals surface area contributed by atoms with Crippen molar-refractivity contribution in [3.63, 3.8) is 0 Å². The summed E-state index contributed by atoms with van der Waals surface area (Å²) >= 11 is 0. The zero-order chi connectivity index (χ0) is 18.2. The molecule has 1 aliphatic rings. The van der Waals surface area contributed by atoms with Gasteiger partial charge < -0.3 is 4.74 Å². The fourth-order valence-corrected chi connectivity index (χ4v) is 2.66. The van der Waals surface area contributed by atoms with Crippen molar-refractivity contribution in [2.24, 2.45) is 5.92 Å². The monoisotopic (exact) mass is 342 g/mol. The Labute approximate surface area is 154 Å². The Hall–Kier alpha value is -1.83. The smallest absolute Gasteiger partial charge is 0.306 e. The van der Waals surface area contributed by atoms with E-state index in [-0.39, 0.29) is 12.1 Å². The van der Waals surface area contributed by atoms with Crippen LogP contribution in [0.2, 0.25) is 0 Å². The van der Waals surface area contributed by atoms with Gasteiger partial charge in [-0.25, -0.2) is 0 Å². The number of hydrogen-bond donors (Lipinski definition) is 0. The van der Waals surface area contributed by atoms with Crippen molar-refractivity contribution in [2.45, 2.75) is 71.3 Å². The van der Waals surface area contributed by atoms with Gasteiger partial charge in [-0.2, -0.15) is 0 Å². The molecule has 1 aliphatic heterocycles. The topological polar surface area (TPSA) is 26.3 Å². The number of carbonyl (C=O) groups is 1. The van der Waals surface area contributed by atoms with Gasteiger partial charge in [-0.05, 0) is 50.9 Å². The molecule has 1 fully saturated rings. The van der Waals surface area contributed by atoms with Crippen LogP contribution in [0.25, 0.3) is 0 Å². The second kappa shape index (κ2) is 14.5. The maximum Gasteiger partial charge on any atom is 0.306 e. The highest BCUT2D eigenvalue weighted by atomic mass is 16.5. The molecule has 1 heterocycles. The lowest BCUT2D eigenvalue weighted by molar-refractivity contribution is -0.142. The van der Waals surface area contributed by atoms with Crippen molar-refractivity contribution in [3.8, 4) is 0 Å². The van der Waals surface area contributed by atoms with E-state index >= 15 is 0 Å². The molecule has 0 N–H and O–H groups in total. The molecule has 0 aliphatic carbocycles. The molecule has 0 aromatic heterocycles. The molecule has 2 heteroatoms. The highest BCUT2D eigenvalue weighted by Crippen LogP contribution is 2.23. The largest absolute Gasteiger partial charge is 0.462 e. The first-order valence-electron chi connectivity index (χ1n) is 9.70. The molecule has 0 aromatic carbocycles. The lowest BCUT2D eigenvalue weighted by atomic mass is 9.98. The van der Waals surface area contributed by atoms with E-state index in [1.165, 1.54) is 0 Å². The summed E-state index contributed by atoms with van der Waals surface area (Å²) in [4.78, 5) is 11.1. The normalized spacial score (nSPS) is 20.1. The highest BCUT2D eigenvalue weighted by Gasteiger charge is 2.27. The van der Waals surface area contributed by atoms with Crippen LogP contribution in [0.4, 0.5) is 0 Å². The summed E-state index contributed by atoms with van der Waals surface area (Å²) in [6.07, 6.45) is 29.7. The Balaban J connectivity index is 2.02. The van der Waals surface area contributed by atoms with E-state index < -0.39 is 0 Å². The quantitative estimate of drug-likeness (QED) is 0.176. The molecule has 0 radical (unpaired) electrons. The summed E-state index contributed by atoms with van der Waals surface area (Å²) < 4.78 is 5.29. The molecule has 0 saturated carbocycles. The molecular weight excluding hydrogens is 308 g/mol. The first-order chi connectivity index (χ1) is 12.2. The number of hydrogen-bond acceptors (Lipinski definition) is 2. The third kappa shape index (κ3) is 11.4. The van der Waals surface area contributed by atoms with Gasteiger partial charge in [-0.3, -0.25) is 4.79 Å². The first kappa shape index (κ1) is 21.2. The van der Waals surface area contributed by atoms with Crippen molar-refractivity contribution < 1.29 is 9.53 Å². The minimum Gasteiger partial charge on any atom is -0.462 e. The Bertz CT molecular complexity index is 494. The lowest BCUT2D eigenvalue weighted by Crippen LogP contribution is -2.16. The first-order valence-corrected chi connectivity index (χ1v) is 9.70. The Kier molecular flexibility index (Phi) is 12.3. The van der Waals surface area contributed by atoms with Gasteiger partial charge in [0.2, 0.25) is 0 Å². The summed E-state index contributed by atoms with van der Waals surface area (Å²) in [6, 6.07) is 0. The number of carbonyl (C=O) groups excluding carboxylic acids is 1. The second-order valence-electron chi connectivity index (χ2n) is 6.51. The zero-order valence-electron chi connectivity index (χ0n) is 15.9. The molecular formula is C23H34O2. The fourth-order valence-electron chi connectivity index (χ4n) is 2.66. The third-order valence-electron chi connectivity index (χ3n) is 4.22. The van der Waals surface area contributed by atoms with Crippen LogP contribution in [0.5, 0.6) is 0 Å². The van der Waals surface area contributed by atoms with Crippen LogP contribution in [0.15, 0.2) is 60.8 Å². The van der Waals surface area contributed by atoms with Gasteiger partial charge in [0.15, 0.2) is 0 Å². The van der Waals surface area contributed by atoms with Crippen LogP contribution in [0, 0.1) is 5.92 Å². The maximum atomic E-state index is 11.1. The summed E-state index contributed by atoms with van der Waals surface area (Å²) in [6.45, 7) is 4.31. The van der Waals surface area contributed by atoms with Gasteiger partial charge in [-0.15, -0.1) is 0 Å². The van der Waals surface area contributed by atoms with Crippen LogP contribution in [0.3, 0.4) is 0 Å².